The third-order valence-electron chi connectivity index (χ3n) is 4.93. The van der Waals surface area contributed by atoms with Crippen LogP contribution in [-0.2, 0) is 24.3 Å². The third-order valence-corrected chi connectivity index (χ3v) is 6.70. The van der Waals surface area contributed by atoms with Crippen molar-refractivity contribution in [2.24, 2.45) is 0 Å². The monoisotopic (exact) mass is 446 g/mol. The topological polar surface area (TPSA) is 102 Å². The van der Waals surface area contributed by atoms with E-state index in [0.29, 0.717) is 11.1 Å². The number of rotatable bonds is 9. The van der Waals surface area contributed by atoms with Crippen molar-refractivity contribution in [3.05, 3.63) is 64.2 Å². The smallest absolute Gasteiger partial charge is 0.307 e. The van der Waals surface area contributed by atoms with E-state index >= 15 is 0 Å². The molecular formula is C23H30N2O5S. The van der Waals surface area contributed by atoms with E-state index in [4.69, 9.17) is 4.74 Å². The highest BCUT2D eigenvalue weighted by molar-refractivity contribution is 7.89. The van der Waals surface area contributed by atoms with E-state index in [1.807, 2.05) is 50.2 Å². The molecule has 0 bridgehead atoms. The minimum Gasteiger partial charge on any atom is -0.469 e. The fraction of sp³-hybridized carbons (Fsp3) is 0.391. The molecule has 0 aliphatic heterocycles. The summed E-state index contributed by atoms with van der Waals surface area (Å²) < 4.78 is 32.7. The fourth-order valence-electron chi connectivity index (χ4n) is 3.53. The molecule has 0 spiro atoms. The van der Waals surface area contributed by atoms with Crippen LogP contribution in [0, 0.1) is 27.7 Å². The van der Waals surface area contributed by atoms with Crippen molar-refractivity contribution < 1.29 is 22.7 Å². The largest absolute Gasteiger partial charge is 0.469 e. The van der Waals surface area contributed by atoms with E-state index in [0.717, 1.165) is 16.7 Å². The predicted molar refractivity (Wildman–Crippen MR) is 119 cm³/mol. The minimum absolute atomic E-state index is 0.0151. The molecule has 0 saturated carbocycles. The Kier molecular flexibility index (Phi) is 8.36. The molecule has 0 fully saturated rings. The predicted octanol–water partition coefficient (Wildman–Crippen LogP) is 3.01. The summed E-state index contributed by atoms with van der Waals surface area (Å²) in [5.74, 6) is -0.813. The normalized spacial score (nSPS) is 12.3. The van der Waals surface area contributed by atoms with Crippen LogP contribution in [0.25, 0.3) is 0 Å². The van der Waals surface area contributed by atoms with Gasteiger partial charge in [0.05, 0.1) is 24.5 Å². The number of carbonyl (C=O) groups is 2. The van der Waals surface area contributed by atoms with Gasteiger partial charge < -0.3 is 10.1 Å². The van der Waals surface area contributed by atoms with Gasteiger partial charge in [0.25, 0.3) is 0 Å². The van der Waals surface area contributed by atoms with E-state index in [1.54, 1.807) is 13.8 Å². The second-order valence-electron chi connectivity index (χ2n) is 7.69. The Morgan fingerprint density at radius 1 is 0.968 bits per heavy atom. The molecule has 7 nitrogen and oxygen atoms in total. The Balaban J connectivity index is 2.03. The lowest BCUT2D eigenvalue weighted by Crippen LogP contribution is -2.34. The van der Waals surface area contributed by atoms with Gasteiger partial charge in [0.15, 0.2) is 0 Å². The Bertz CT molecular complexity index is 1020. The van der Waals surface area contributed by atoms with Crippen molar-refractivity contribution in [3.8, 4) is 0 Å². The van der Waals surface area contributed by atoms with Gasteiger partial charge in [-0.2, -0.15) is 0 Å². The van der Waals surface area contributed by atoms with Gasteiger partial charge in [-0.05, 0) is 44.4 Å². The second kappa shape index (κ2) is 10.5. The highest BCUT2D eigenvalue weighted by Crippen LogP contribution is 2.22. The SMILES string of the molecule is COC(=O)CC(NC(=O)CCNS(=O)(=O)c1c(C)cc(C)cc1C)c1ccc(C)cc1. The van der Waals surface area contributed by atoms with E-state index in [9.17, 15) is 18.0 Å². The Morgan fingerprint density at radius 3 is 2.10 bits per heavy atom. The van der Waals surface area contributed by atoms with Crippen molar-refractivity contribution in [2.75, 3.05) is 13.7 Å². The van der Waals surface area contributed by atoms with Crippen molar-refractivity contribution in [3.63, 3.8) is 0 Å². The van der Waals surface area contributed by atoms with Crippen LogP contribution in [0.1, 0.15) is 46.7 Å². The molecule has 1 atom stereocenters. The third kappa shape index (κ3) is 6.90. The number of aryl methyl sites for hydroxylation is 4. The first-order valence-corrected chi connectivity index (χ1v) is 11.5. The average molecular weight is 447 g/mol. The van der Waals surface area contributed by atoms with Gasteiger partial charge in [-0.15, -0.1) is 0 Å². The number of carbonyl (C=O) groups excluding carboxylic acids is 2. The first-order chi connectivity index (χ1) is 14.5. The van der Waals surface area contributed by atoms with Gasteiger partial charge in [-0.25, -0.2) is 13.1 Å². The molecule has 0 radical (unpaired) electrons. The molecule has 2 rings (SSSR count). The van der Waals surface area contributed by atoms with E-state index in [1.165, 1.54) is 7.11 Å². The molecule has 1 amide bonds. The lowest BCUT2D eigenvalue weighted by molar-refractivity contribution is -0.141. The van der Waals surface area contributed by atoms with Gasteiger partial charge in [-0.1, -0.05) is 47.5 Å². The molecule has 0 aliphatic rings. The number of sulfonamides is 1. The number of hydrogen-bond donors (Lipinski definition) is 2. The van der Waals surface area contributed by atoms with Gasteiger partial charge in [0.2, 0.25) is 15.9 Å². The number of amides is 1. The summed E-state index contributed by atoms with van der Waals surface area (Å²) in [6.45, 7) is 7.30. The standard InChI is InChI=1S/C23H30N2O5S/c1-15-6-8-19(9-7-15)20(14-22(27)30-5)25-21(26)10-11-24-31(28,29)23-17(3)12-16(2)13-18(23)4/h6-9,12-13,20,24H,10-11,14H2,1-5H3,(H,25,26). The maximum absolute atomic E-state index is 12.7. The van der Waals surface area contributed by atoms with Gasteiger partial charge in [-0.3, -0.25) is 9.59 Å². The van der Waals surface area contributed by atoms with E-state index in [2.05, 4.69) is 10.0 Å². The summed E-state index contributed by atoms with van der Waals surface area (Å²) in [6, 6.07) is 10.5. The number of methoxy groups -OCH3 is 1. The maximum atomic E-state index is 12.7. The van der Waals surface area contributed by atoms with E-state index in [-0.39, 0.29) is 30.2 Å². The van der Waals surface area contributed by atoms with Crippen LogP contribution in [0.4, 0.5) is 0 Å². The van der Waals surface area contributed by atoms with Crippen LogP contribution in [0.15, 0.2) is 41.3 Å². The summed E-state index contributed by atoms with van der Waals surface area (Å²) in [6.07, 6.45) is -0.0779. The molecule has 2 aromatic carbocycles. The summed E-state index contributed by atoms with van der Waals surface area (Å²) in [7, 11) is -2.45. The van der Waals surface area contributed by atoms with Crippen molar-refractivity contribution in [1.29, 1.82) is 0 Å². The van der Waals surface area contributed by atoms with Gasteiger partial charge in [0, 0.05) is 13.0 Å². The zero-order chi connectivity index (χ0) is 23.2. The first-order valence-electron chi connectivity index (χ1n) is 10.0. The molecular weight excluding hydrogens is 416 g/mol. The van der Waals surface area contributed by atoms with Crippen LogP contribution >= 0.6 is 0 Å². The van der Waals surface area contributed by atoms with Crippen LogP contribution in [0.2, 0.25) is 0 Å². The molecule has 1 unspecified atom stereocenters. The highest BCUT2D eigenvalue weighted by Gasteiger charge is 2.22. The average Bonchev–Trinajstić information content (AvgIpc) is 2.66. The minimum atomic E-state index is -3.75. The summed E-state index contributed by atoms with van der Waals surface area (Å²) in [5.41, 5.74) is 4.14. The fourth-order valence-corrected chi connectivity index (χ4v) is 5.01. The number of esters is 1. The molecule has 31 heavy (non-hydrogen) atoms. The van der Waals surface area contributed by atoms with Gasteiger partial charge in [0.1, 0.15) is 0 Å². The molecule has 2 aromatic rings. The lowest BCUT2D eigenvalue weighted by atomic mass is 10.0. The van der Waals surface area contributed by atoms with Crippen LogP contribution in [0.3, 0.4) is 0 Å². The molecule has 168 valence electrons. The molecule has 0 aliphatic carbocycles. The lowest BCUT2D eigenvalue weighted by Gasteiger charge is -2.19. The van der Waals surface area contributed by atoms with Crippen LogP contribution in [0.5, 0.6) is 0 Å². The van der Waals surface area contributed by atoms with Crippen molar-refractivity contribution in [1.82, 2.24) is 10.0 Å². The molecule has 2 N–H and O–H groups in total. The van der Waals surface area contributed by atoms with Gasteiger partial charge >= 0.3 is 5.97 Å². The summed E-state index contributed by atoms with van der Waals surface area (Å²) in [5, 5.41) is 2.80. The van der Waals surface area contributed by atoms with Crippen molar-refractivity contribution in [2.45, 2.75) is 51.5 Å². The number of benzene rings is 2. The highest BCUT2D eigenvalue weighted by atomic mass is 32.2. The van der Waals surface area contributed by atoms with Crippen LogP contribution in [-0.4, -0.2) is 33.9 Å². The van der Waals surface area contributed by atoms with Crippen molar-refractivity contribution >= 4 is 21.9 Å². The molecule has 0 aromatic heterocycles. The maximum Gasteiger partial charge on any atom is 0.307 e. The number of hydrogen-bond acceptors (Lipinski definition) is 5. The number of ether oxygens (including phenoxy) is 1. The first kappa shape index (κ1) is 24.6. The second-order valence-corrected chi connectivity index (χ2v) is 9.39. The Labute approximate surface area is 184 Å². The Morgan fingerprint density at radius 2 is 1.55 bits per heavy atom. The number of nitrogens with one attached hydrogen (secondary N) is 2. The Hall–Kier alpha value is -2.71. The molecule has 0 heterocycles. The molecule has 8 heteroatoms. The zero-order valence-corrected chi connectivity index (χ0v) is 19.4. The quantitative estimate of drug-likeness (QED) is 0.577. The molecule has 0 saturated heterocycles. The summed E-state index contributed by atoms with van der Waals surface area (Å²) >= 11 is 0. The zero-order valence-electron chi connectivity index (χ0n) is 18.6. The van der Waals surface area contributed by atoms with Crippen LogP contribution < -0.4 is 10.0 Å². The summed E-state index contributed by atoms with van der Waals surface area (Å²) in [4.78, 5) is 24.5. The van der Waals surface area contributed by atoms with E-state index < -0.39 is 22.0 Å².